The van der Waals surface area contributed by atoms with Gasteiger partial charge in [0.15, 0.2) is 0 Å². The fourth-order valence-electron chi connectivity index (χ4n) is 2.05. The van der Waals surface area contributed by atoms with Gasteiger partial charge in [-0.05, 0) is 44.5 Å². The number of thiophene rings is 1. The van der Waals surface area contributed by atoms with E-state index in [1.54, 1.807) is 9.75 Å². The highest BCUT2D eigenvalue weighted by molar-refractivity contribution is 7.11. The van der Waals surface area contributed by atoms with Gasteiger partial charge in [-0.25, -0.2) is 0 Å². The van der Waals surface area contributed by atoms with Crippen LogP contribution in [-0.2, 0) is 13.0 Å². The van der Waals surface area contributed by atoms with Crippen LogP contribution in [0.2, 0.25) is 0 Å². The molecule has 0 radical (unpaired) electrons. The van der Waals surface area contributed by atoms with Crippen LogP contribution in [0.3, 0.4) is 0 Å². The number of hydrogen-bond acceptors (Lipinski definition) is 2. The first kappa shape index (κ1) is 10.2. The minimum atomic E-state index is 1.19. The molecular weight excluding hydrogens is 190 g/mol. The lowest BCUT2D eigenvalue weighted by Gasteiger charge is -2.12. The van der Waals surface area contributed by atoms with Crippen molar-refractivity contribution < 1.29 is 0 Å². The largest absolute Gasteiger partial charge is 0.298 e. The average Bonchev–Trinajstić information content (AvgIpc) is 2.79. The van der Waals surface area contributed by atoms with Crippen LogP contribution in [-0.4, -0.2) is 18.0 Å². The molecule has 1 nitrogen and oxygen atoms in total. The molecule has 0 N–H and O–H groups in total. The Bertz CT molecular complexity index is 274. The van der Waals surface area contributed by atoms with Crippen molar-refractivity contribution in [2.75, 3.05) is 13.1 Å². The molecule has 1 aromatic heterocycles. The SMILES string of the molecule is CCCc1ccc(CN2CCCC2)s1. The average molecular weight is 209 g/mol. The zero-order valence-electron chi connectivity index (χ0n) is 8.96. The van der Waals surface area contributed by atoms with E-state index in [1.807, 2.05) is 11.3 Å². The Morgan fingerprint density at radius 3 is 2.64 bits per heavy atom. The van der Waals surface area contributed by atoms with Crippen molar-refractivity contribution in [2.24, 2.45) is 0 Å². The third-order valence-electron chi connectivity index (χ3n) is 2.79. The molecule has 0 aromatic carbocycles. The summed E-state index contributed by atoms with van der Waals surface area (Å²) in [5, 5.41) is 0. The summed E-state index contributed by atoms with van der Waals surface area (Å²) in [6, 6.07) is 4.62. The molecule has 1 fully saturated rings. The highest BCUT2D eigenvalue weighted by Gasteiger charge is 2.12. The molecule has 2 heterocycles. The van der Waals surface area contributed by atoms with E-state index in [4.69, 9.17) is 0 Å². The molecule has 0 unspecified atom stereocenters. The second kappa shape index (κ2) is 4.94. The second-order valence-corrected chi connectivity index (χ2v) is 5.35. The fraction of sp³-hybridized carbons (Fsp3) is 0.667. The van der Waals surface area contributed by atoms with E-state index in [9.17, 15) is 0 Å². The normalized spacial score (nSPS) is 17.8. The van der Waals surface area contributed by atoms with Gasteiger partial charge in [0.05, 0.1) is 0 Å². The maximum Gasteiger partial charge on any atom is 0.0328 e. The van der Waals surface area contributed by atoms with E-state index in [2.05, 4.69) is 24.0 Å². The van der Waals surface area contributed by atoms with Gasteiger partial charge >= 0.3 is 0 Å². The summed E-state index contributed by atoms with van der Waals surface area (Å²) in [7, 11) is 0. The van der Waals surface area contributed by atoms with Gasteiger partial charge in [0.1, 0.15) is 0 Å². The van der Waals surface area contributed by atoms with E-state index >= 15 is 0 Å². The van der Waals surface area contributed by atoms with Gasteiger partial charge in [-0.2, -0.15) is 0 Å². The Kier molecular flexibility index (Phi) is 3.60. The van der Waals surface area contributed by atoms with Crippen LogP contribution in [0.15, 0.2) is 12.1 Å². The third-order valence-corrected chi connectivity index (χ3v) is 3.92. The maximum atomic E-state index is 2.57. The van der Waals surface area contributed by atoms with E-state index in [1.165, 1.54) is 45.3 Å². The first-order valence-corrected chi connectivity index (χ1v) is 6.50. The molecule has 2 heteroatoms. The maximum absolute atomic E-state index is 2.57. The standard InChI is InChI=1S/C12H19NS/c1-2-5-11-6-7-12(14-11)10-13-8-3-4-9-13/h6-7H,2-5,8-10H2,1H3. The van der Waals surface area contributed by atoms with Crippen molar-refractivity contribution in [2.45, 2.75) is 39.2 Å². The summed E-state index contributed by atoms with van der Waals surface area (Å²) in [6.45, 7) is 6.05. The van der Waals surface area contributed by atoms with Crippen molar-refractivity contribution in [3.8, 4) is 0 Å². The number of nitrogens with zero attached hydrogens (tertiary/aromatic N) is 1. The van der Waals surface area contributed by atoms with Gasteiger partial charge in [0.2, 0.25) is 0 Å². The molecule has 1 saturated heterocycles. The van der Waals surface area contributed by atoms with Crippen molar-refractivity contribution in [1.29, 1.82) is 0 Å². The number of aryl methyl sites for hydroxylation is 1. The van der Waals surface area contributed by atoms with Crippen LogP contribution in [0.1, 0.15) is 35.9 Å². The van der Waals surface area contributed by atoms with Crippen molar-refractivity contribution >= 4 is 11.3 Å². The van der Waals surface area contributed by atoms with E-state index < -0.39 is 0 Å². The van der Waals surface area contributed by atoms with Gasteiger partial charge in [-0.3, -0.25) is 4.90 Å². The summed E-state index contributed by atoms with van der Waals surface area (Å²) in [6.07, 6.45) is 5.31. The Labute approximate surface area is 90.7 Å². The number of likely N-dealkylation sites (tertiary alicyclic amines) is 1. The van der Waals surface area contributed by atoms with Gasteiger partial charge in [0.25, 0.3) is 0 Å². The minimum absolute atomic E-state index is 1.19. The molecular formula is C12H19NS. The topological polar surface area (TPSA) is 3.24 Å². The van der Waals surface area contributed by atoms with Crippen molar-refractivity contribution in [3.05, 3.63) is 21.9 Å². The molecule has 0 bridgehead atoms. The minimum Gasteiger partial charge on any atom is -0.298 e. The molecule has 0 atom stereocenters. The van der Waals surface area contributed by atoms with E-state index in [0.29, 0.717) is 0 Å². The molecule has 14 heavy (non-hydrogen) atoms. The highest BCUT2D eigenvalue weighted by Crippen LogP contribution is 2.21. The lowest BCUT2D eigenvalue weighted by molar-refractivity contribution is 0.334. The Morgan fingerprint density at radius 1 is 1.21 bits per heavy atom. The van der Waals surface area contributed by atoms with Crippen LogP contribution >= 0.6 is 11.3 Å². The number of rotatable bonds is 4. The molecule has 1 aliphatic rings. The summed E-state index contributed by atoms with van der Waals surface area (Å²) in [5.74, 6) is 0. The predicted octanol–water partition coefficient (Wildman–Crippen LogP) is 3.30. The summed E-state index contributed by atoms with van der Waals surface area (Å²) >= 11 is 2.00. The van der Waals surface area contributed by atoms with Gasteiger partial charge in [0, 0.05) is 16.3 Å². The molecule has 0 aliphatic carbocycles. The third kappa shape index (κ3) is 2.58. The zero-order valence-corrected chi connectivity index (χ0v) is 9.78. The monoisotopic (exact) mass is 209 g/mol. The van der Waals surface area contributed by atoms with Crippen molar-refractivity contribution in [3.63, 3.8) is 0 Å². The molecule has 2 rings (SSSR count). The summed E-state index contributed by atoms with van der Waals surface area (Å²) in [5.41, 5.74) is 0. The highest BCUT2D eigenvalue weighted by atomic mass is 32.1. The van der Waals surface area contributed by atoms with Crippen LogP contribution in [0, 0.1) is 0 Å². The Balaban J connectivity index is 1.88. The van der Waals surface area contributed by atoms with Crippen LogP contribution < -0.4 is 0 Å². The summed E-state index contributed by atoms with van der Waals surface area (Å²) < 4.78 is 0. The molecule has 0 amide bonds. The first-order chi connectivity index (χ1) is 6.88. The Hall–Kier alpha value is -0.340. The van der Waals surface area contributed by atoms with Gasteiger partial charge in [-0.1, -0.05) is 13.3 Å². The fourth-order valence-corrected chi connectivity index (χ4v) is 3.21. The van der Waals surface area contributed by atoms with E-state index in [-0.39, 0.29) is 0 Å². The van der Waals surface area contributed by atoms with E-state index in [0.717, 1.165) is 0 Å². The second-order valence-electron chi connectivity index (χ2n) is 4.10. The smallest absolute Gasteiger partial charge is 0.0328 e. The van der Waals surface area contributed by atoms with Crippen LogP contribution in [0.4, 0.5) is 0 Å². The molecule has 78 valence electrons. The lowest BCUT2D eigenvalue weighted by Crippen LogP contribution is -2.17. The lowest BCUT2D eigenvalue weighted by atomic mass is 10.3. The van der Waals surface area contributed by atoms with Gasteiger partial charge in [-0.15, -0.1) is 11.3 Å². The van der Waals surface area contributed by atoms with Crippen LogP contribution in [0.5, 0.6) is 0 Å². The van der Waals surface area contributed by atoms with Crippen LogP contribution in [0.25, 0.3) is 0 Å². The van der Waals surface area contributed by atoms with Crippen molar-refractivity contribution in [1.82, 2.24) is 4.90 Å². The molecule has 1 aliphatic heterocycles. The van der Waals surface area contributed by atoms with Gasteiger partial charge < -0.3 is 0 Å². The number of hydrogen-bond donors (Lipinski definition) is 0. The summed E-state index contributed by atoms with van der Waals surface area (Å²) in [4.78, 5) is 5.68. The first-order valence-electron chi connectivity index (χ1n) is 5.68. The molecule has 1 aromatic rings. The Morgan fingerprint density at radius 2 is 1.93 bits per heavy atom. The molecule has 0 saturated carbocycles. The zero-order chi connectivity index (χ0) is 9.80. The molecule has 0 spiro atoms. The predicted molar refractivity (Wildman–Crippen MR) is 62.8 cm³/mol. The quantitative estimate of drug-likeness (QED) is 0.735.